The summed E-state index contributed by atoms with van der Waals surface area (Å²) in [4.78, 5) is 10.8. The fourth-order valence-corrected chi connectivity index (χ4v) is 2.74. The smallest absolute Gasteiger partial charge is 0.191 e. The van der Waals surface area contributed by atoms with Gasteiger partial charge in [-0.15, -0.1) is 0 Å². The first kappa shape index (κ1) is 14.6. The summed E-state index contributed by atoms with van der Waals surface area (Å²) < 4.78 is 2.06. The van der Waals surface area contributed by atoms with Crippen LogP contribution in [0.25, 0.3) is 0 Å². The van der Waals surface area contributed by atoms with Crippen molar-refractivity contribution in [3.63, 3.8) is 0 Å². The van der Waals surface area contributed by atoms with Gasteiger partial charge in [0.15, 0.2) is 5.96 Å². The highest BCUT2D eigenvalue weighted by molar-refractivity contribution is 5.78. The number of hydrogen-bond acceptors (Lipinski definition) is 2. The van der Waals surface area contributed by atoms with Crippen LogP contribution in [-0.2, 0) is 13.1 Å². The molecular formula is C17H23N5. The number of nitrogens with two attached hydrogens (primary N) is 1. The SMILES string of the molecule is NC(=NCc1ccc(Cn2ccnc2)cc1)N1CCCCC1. The Balaban J connectivity index is 1.56. The summed E-state index contributed by atoms with van der Waals surface area (Å²) >= 11 is 0. The zero-order chi connectivity index (χ0) is 15.2. The van der Waals surface area contributed by atoms with Gasteiger partial charge in [0.05, 0.1) is 12.9 Å². The molecule has 0 atom stereocenters. The number of piperidine rings is 1. The van der Waals surface area contributed by atoms with E-state index in [4.69, 9.17) is 5.73 Å². The summed E-state index contributed by atoms with van der Waals surface area (Å²) in [5, 5.41) is 0. The van der Waals surface area contributed by atoms with Crippen molar-refractivity contribution in [2.75, 3.05) is 13.1 Å². The maximum atomic E-state index is 6.08. The molecule has 1 saturated heterocycles. The second kappa shape index (κ2) is 7.11. The van der Waals surface area contributed by atoms with Crippen LogP contribution in [0.2, 0.25) is 0 Å². The quantitative estimate of drug-likeness (QED) is 0.695. The Morgan fingerprint density at radius 3 is 2.50 bits per heavy atom. The second-order valence-corrected chi connectivity index (χ2v) is 5.77. The highest BCUT2D eigenvalue weighted by Gasteiger charge is 2.11. The molecule has 116 valence electrons. The Kier molecular flexibility index (Phi) is 4.73. The number of benzene rings is 1. The molecule has 0 unspecified atom stereocenters. The molecule has 2 aromatic rings. The van der Waals surface area contributed by atoms with E-state index in [1.165, 1.54) is 30.4 Å². The van der Waals surface area contributed by atoms with E-state index in [-0.39, 0.29) is 0 Å². The fourth-order valence-electron chi connectivity index (χ4n) is 2.74. The molecule has 1 aromatic carbocycles. The lowest BCUT2D eigenvalue weighted by molar-refractivity contribution is 0.338. The summed E-state index contributed by atoms with van der Waals surface area (Å²) in [6.45, 7) is 3.57. The molecule has 5 nitrogen and oxygen atoms in total. The first-order valence-corrected chi connectivity index (χ1v) is 7.90. The number of aliphatic imine (C=N–C) groups is 1. The molecule has 0 amide bonds. The van der Waals surface area contributed by atoms with Gasteiger partial charge >= 0.3 is 0 Å². The van der Waals surface area contributed by atoms with Gasteiger partial charge in [0.1, 0.15) is 0 Å². The average Bonchev–Trinajstić information content (AvgIpc) is 3.08. The van der Waals surface area contributed by atoms with Crippen LogP contribution in [0, 0.1) is 0 Å². The minimum absolute atomic E-state index is 0.647. The highest BCUT2D eigenvalue weighted by Crippen LogP contribution is 2.10. The van der Waals surface area contributed by atoms with Crippen LogP contribution in [-0.4, -0.2) is 33.5 Å². The van der Waals surface area contributed by atoms with Crippen molar-refractivity contribution in [2.45, 2.75) is 32.4 Å². The van der Waals surface area contributed by atoms with Gasteiger partial charge < -0.3 is 15.2 Å². The molecule has 1 aromatic heterocycles. The van der Waals surface area contributed by atoms with Crippen LogP contribution in [0.15, 0.2) is 48.0 Å². The first-order valence-electron chi connectivity index (χ1n) is 7.90. The minimum Gasteiger partial charge on any atom is -0.370 e. The third-order valence-electron chi connectivity index (χ3n) is 4.05. The molecule has 0 saturated carbocycles. The van der Waals surface area contributed by atoms with Crippen molar-refractivity contribution in [1.29, 1.82) is 0 Å². The van der Waals surface area contributed by atoms with Gasteiger partial charge in [-0.25, -0.2) is 9.98 Å². The van der Waals surface area contributed by atoms with E-state index in [1.54, 1.807) is 6.20 Å². The van der Waals surface area contributed by atoms with Crippen LogP contribution >= 0.6 is 0 Å². The molecule has 0 bridgehead atoms. The van der Waals surface area contributed by atoms with Gasteiger partial charge in [-0.2, -0.15) is 0 Å². The van der Waals surface area contributed by atoms with Crippen molar-refractivity contribution in [3.05, 3.63) is 54.1 Å². The lowest BCUT2D eigenvalue weighted by Crippen LogP contribution is -2.40. The summed E-state index contributed by atoms with van der Waals surface area (Å²) in [7, 11) is 0. The number of guanidine groups is 1. The van der Waals surface area contributed by atoms with Crippen LogP contribution in [0.4, 0.5) is 0 Å². The molecule has 0 spiro atoms. The highest BCUT2D eigenvalue weighted by atomic mass is 15.2. The lowest BCUT2D eigenvalue weighted by atomic mass is 10.1. The molecule has 5 heteroatoms. The normalized spacial score (nSPS) is 16.0. The molecule has 1 aliphatic rings. The summed E-state index contributed by atoms with van der Waals surface area (Å²) in [5.41, 5.74) is 8.53. The zero-order valence-corrected chi connectivity index (χ0v) is 12.9. The number of nitrogens with zero attached hydrogens (tertiary/aromatic N) is 4. The van der Waals surface area contributed by atoms with Crippen molar-refractivity contribution < 1.29 is 0 Å². The number of hydrogen-bond donors (Lipinski definition) is 1. The van der Waals surface area contributed by atoms with Crippen LogP contribution in [0.5, 0.6) is 0 Å². The summed E-state index contributed by atoms with van der Waals surface area (Å²) in [5.74, 6) is 0.683. The number of imidazole rings is 1. The van der Waals surface area contributed by atoms with Crippen LogP contribution < -0.4 is 5.73 Å². The van der Waals surface area contributed by atoms with Gasteiger partial charge in [0, 0.05) is 32.0 Å². The summed E-state index contributed by atoms with van der Waals surface area (Å²) in [6.07, 6.45) is 9.35. The molecule has 3 rings (SSSR count). The van der Waals surface area contributed by atoms with E-state index in [1.807, 2.05) is 12.5 Å². The maximum absolute atomic E-state index is 6.08. The Morgan fingerprint density at radius 1 is 1.09 bits per heavy atom. The molecule has 1 aliphatic heterocycles. The van der Waals surface area contributed by atoms with E-state index in [0.29, 0.717) is 12.5 Å². The molecule has 2 heterocycles. The Morgan fingerprint density at radius 2 is 1.82 bits per heavy atom. The monoisotopic (exact) mass is 297 g/mol. The maximum Gasteiger partial charge on any atom is 0.191 e. The molecule has 2 N–H and O–H groups in total. The number of rotatable bonds is 4. The van der Waals surface area contributed by atoms with Gasteiger partial charge in [-0.05, 0) is 30.4 Å². The minimum atomic E-state index is 0.647. The zero-order valence-electron chi connectivity index (χ0n) is 12.9. The third-order valence-corrected chi connectivity index (χ3v) is 4.05. The van der Waals surface area contributed by atoms with Gasteiger partial charge in [0.25, 0.3) is 0 Å². The second-order valence-electron chi connectivity index (χ2n) is 5.77. The van der Waals surface area contributed by atoms with E-state index >= 15 is 0 Å². The van der Waals surface area contributed by atoms with Crippen molar-refractivity contribution in [3.8, 4) is 0 Å². The third kappa shape index (κ3) is 3.87. The van der Waals surface area contributed by atoms with Crippen molar-refractivity contribution in [2.24, 2.45) is 10.7 Å². The van der Waals surface area contributed by atoms with Gasteiger partial charge in [-0.3, -0.25) is 0 Å². The number of likely N-dealkylation sites (tertiary alicyclic amines) is 1. The van der Waals surface area contributed by atoms with E-state index in [0.717, 1.165) is 19.6 Å². The predicted molar refractivity (Wildman–Crippen MR) is 88.5 cm³/mol. The van der Waals surface area contributed by atoms with Gasteiger partial charge in [0.2, 0.25) is 0 Å². The van der Waals surface area contributed by atoms with E-state index in [2.05, 4.69) is 43.7 Å². The Labute approximate surface area is 131 Å². The van der Waals surface area contributed by atoms with Crippen molar-refractivity contribution >= 4 is 5.96 Å². The van der Waals surface area contributed by atoms with Crippen molar-refractivity contribution in [1.82, 2.24) is 14.5 Å². The van der Waals surface area contributed by atoms with Gasteiger partial charge in [-0.1, -0.05) is 24.3 Å². The van der Waals surface area contributed by atoms with E-state index < -0.39 is 0 Å². The van der Waals surface area contributed by atoms with Crippen LogP contribution in [0.1, 0.15) is 30.4 Å². The first-order chi connectivity index (χ1) is 10.8. The molecule has 0 aliphatic carbocycles. The molecule has 22 heavy (non-hydrogen) atoms. The fraction of sp³-hybridized carbons (Fsp3) is 0.412. The van der Waals surface area contributed by atoms with E-state index in [9.17, 15) is 0 Å². The largest absolute Gasteiger partial charge is 0.370 e. The summed E-state index contributed by atoms with van der Waals surface area (Å²) in [6, 6.07) is 8.53. The average molecular weight is 297 g/mol. The molecule has 1 fully saturated rings. The number of aromatic nitrogens is 2. The topological polar surface area (TPSA) is 59.4 Å². The van der Waals surface area contributed by atoms with Crippen LogP contribution in [0.3, 0.4) is 0 Å². The molecule has 0 radical (unpaired) electrons. The standard InChI is InChI=1S/C17H23N5/c18-17(22-9-2-1-3-10-22)20-12-15-4-6-16(7-5-15)13-21-11-8-19-14-21/h4-8,11,14H,1-3,9-10,12-13H2,(H2,18,20). The Hall–Kier alpha value is -2.30. The predicted octanol–water partition coefficient (Wildman–Crippen LogP) is 2.23. The lowest BCUT2D eigenvalue weighted by Gasteiger charge is -2.27. The molecular weight excluding hydrogens is 274 g/mol. The Bertz CT molecular complexity index is 594.